The molecule has 2 aromatic rings. The normalized spacial score (nSPS) is 13.7. The summed E-state index contributed by atoms with van der Waals surface area (Å²) in [6, 6.07) is 4.71. The smallest absolute Gasteiger partial charge is 0.316 e. The summed E-state index contributed by atoms with van der Waals surface area (Å²) in [6.07, 6.45) is 1.48. The Morgan fingerprint density at radius 2 is 2.14 bits per heavy atom. The standard InChI is InChI=1S/C16H18N4O5S3/c1-10(21)20-7-3-4-11-8-12(5-6-13(11)20)28(23,24)19-15-17-18-16(27-15)26-9-14(22)25-2/h5-6,8H,3-4,7,9H2,1-2H3,(H,17,19). The first-order valence-electron chi connectivity index (χ1n) is 8.27. The van der Waals surface area contributed by atoms with E-state index in [4.69, 9.17) is 0 Å². The third-order valence-corrected chi connectivity index (χ3v) is 7.44. The first kappa shape index (κ1) is 20.6. The van der Waals surface area contributed by atoms with Gasteiger partial charge in [0.05, 0.1) is 17.8 Å². The molecule has 0 fully saturated rings. The zero-order chi connectivity index (χ0) is 20.3. The Hall–Kier alpha value is -2.18. The summed E-state index contributed by atoms with van der Waals surface area (Å²) < 4.78 is 32.8. The average Bonchev–Trinajstić information content (AvgIpc) is 3.11. The minimum atomic E-state index is -3.85. The van der Waals surface area contributed by atoms with E-state index in [1.54, 1.807) is 17.0 Å². The van der Waals surface area contributed by atoms with E-state index in [1.807, 2.05) is 0 Å². The van der Waals surface area contributed by atoms with Gasteiger partial charge >= 0.3 is 5.97 Å². The molecule has 1 amide bonds. The van der Waals surface area contributed by atoms with Crippen molar-refractivity contribution < 1.29 is 22.7 Å². The molecular formula is C16H18N4O5S3. The quantitative estimate of drug-likeness (QED) is 0.532. The van der Waals surface area contributed by atoms with Crippen molar-refractivity contribution in [3.05, 3.63) is 23.8 Å². The van der Waals surface area contributed by atoms with E-state index in [-0.39, 0.29) is 21.7 Å². The van der Waals surface area contributed by atoms with Gasteiger partial charge in [-0.05, 0) is 36.6 Å². The molecule has 1 aromatic carbocycles. The van der Waals surface area contributed by atoms with Gasteiger partial charge < -0.3 is 9.64 Å². The highest BCUT2D eigenvalue weighted by atomic mass is 32.2. The van der Waals surface area contributed by atoms with Gasteiger partial charge in [-0.25, -0.2) is 8.42 Å². The molecular weight excluding hydrogens is 424 g/mol. The van der Waals surface area contributed by atoms with Crippen LogP contribution in [0.1, 0.15) is 18.9 Å². The molecule has 0 aliphatic carbocycles. The second-order valence-electron chi connectivity index (χ2n) is 5.91. The molecule has 0 bridgehead atoms. The number of fused-ring (bicyclic) bond motifs is 1. The number of rotatable bonds is 6. The van der Waals surface area contributed by atoms with Crippen molar-refractivity contribution in [2.24, 2.45) is 0 Å². The van der Waals surface area contributed by atoms with Gasteiger partial charge in [-0.3, -0.25) is 14.3 Å². The summed E-state index contributed by atoms with van der Waals surface area (Å²) in [5.41, 5.74) is 1.56. The number of carbonyl (C=O) groups is 2. The predicted octanol–water partition coefficient (Wildman–Crippen LogP) is 1.90. The van der Waals surface area contributed by atoms with Crippen LogP contribution in [0.4, 0.5) is 10.8 Å². The van der Waals surface area contributed by atoms with Gasteiger partial charge in [-0.15, -0.1) is 10.2 Å². The summed E-state index contributed by atoms with van der Waals surface area (Å²) in [7, 11) is -2.57. The lowest BCUT2D eigenvalue weighted by Gasteiger charge is -2.28. The summed E-state index contributed by atoms with van der Waals surface area (Å²) in [4.78, 5) is 24.7. The topological polar surface area (TPSA) is 119 Å². The van der Waals surface area contributed by atoms with Gasteiger partial charge in [0.1, 0.15) is 0 Å². The molecule has 0 atom stereocenters. The van der Waals surface area contributed by atoms with Gasteiger partial charge in [0.2, 0.25) is 11.0 Å². The Morgan fingerprint density at radius 3 is 2.86 bits per heavy atom. The molecule has 1 N–H and O–H groups in total. The van der Waals surface area contributed by atoms with E-state index in [0.29, 0.717) is 17.3 Å². The number of nitrogens with one attached hydrogen (secondary N) is 1. The lowest BCUT2D eigenvalue weighted by atomic mass is 10.0. The minimum Gasteiger partial charge on any atom is -0.468 e. The molecule has 12 heteroatoms. The van der Waals surface area contributed by atoms with E-state index in [0.717, 1.165) is 40.8 Å². The van der Waals surface area contributed by atoms with Gasteiger partial charge in [-0.1, -0.05) is 23.1 Å². The van der Waals surface area contributed by atoms with Crippen molar-refractivity contribution >= 4 is 55.8 Å². The minimum absolute atomic E-state index is 0.0648. The number of carbonyl (C=O) groups excluding carboxylic acids is 2. The number of benzene rings is 1. The lowest BCUT2D eigenvalue weighted by molar-refractivity contribution is -0.137. The van der Waals surface area contributed by atoms with Crippen LogP contribution >= 0.6 is 23.1 Å². The molecule has 0 saturated heterocycles. The fraction of sp³-hybridized carbons (Fsp3) is 0.375. The van der Waals surface area contributed by atoms with Gasteiger partial charge in [0.15, 0.2) is 4.34 Å². The van der Waals surface area contributed by atoms with Crippen molar-refractivity contribution in [3.8, 4) is 0 Å². The SMILES string of the molecule is COC(=O)CSc1nnc(NS(=O)(=O)c2ccc3c(c2)CCCN3C(C)=O)s1. The van der Waals surface area contributed by atoms with Crippen LogP contribution in [-0.4, -0.2) is 49.9 Å². The second kappa shape index (κ2) is 8.45. The third-order valence-electron chi connectivity index (χ3n) is 4.03. The molecule has 9 nitrogen and oxygen atoms in total. The number of methoxy groups -OCH3 is 1. The maximum atomic E-state index is 12.7. The summed E-state index contributed by atoms with van der Waals surface area (Å²) >= 11 is 2.15. The molecule has 0 radical (unpaired) electrons. The number of aromatic nitrogens is 2. The highest BCUT2D eigenvalue weighted by Crippen LogP contribution is 2.31. The number of amides is 1. The fourth-order valence-corrected chi connectivity index (χ4v) is 5.60. The molecule has 1 aromatic heterocycles. The highest BCUT2D eigenvalue weighted by Gasteiger charge is 2.24. The summed E-state index contributed by atoms with van der Waals surface area (Å²) in [5, 5.41) is 7.77. The number of hydrogen-bond acceptors (Lipinski definition) is 9. The van der Waals surface area contributed by atoms with E-state index < -0.39 is 16.0 Å². The molecule has 1 aliphatic heterocycles. The number of thioether (sulfide) groups is 1. The maximum Gasteiger partial charge on any atom is 0.316 e. The van der Waals surface area contributed by atoms with Crippen LogP contribution in [0.3, 0.4) is 0 Å². The number of hydrogen-bond donors (Lipinski definition) is 1. The largest absolute Gasteiger partial charge is 0.468 e. The first-order chi connectivity index (χ1) is 13.3. The fourth-order valence-electron chi connectivity index (χ4n) is 2.73. The number of sulfonamides is 1. The lowest BCUT2D eigenvalue weighted by Crippen LogP contribution is -2.33. The van der Waals surface area contributed by atoms with Crippen LogP contribution < -0.4 is 9.62 Å². The van der Waals surface area contributed by atoms with Crippen LogP contribution in [-0.2, 0) is 30.8 Å². The number of aryl methyl sites for hydroxylation is 1. The first-order valence-corrected chi connectivity index (χ1v) is 11.6. The van der Waals surface area contributed by atoms with Crippen molar-refractivity contribution in [3.63, 3.8) is 0 Å². The van der Waals surface area contributed by atoms with E-state index in [1.165, 1.54) is 20.1 Å². The highest BCUT2D eigenvalue weighted by molar-refractivity contribution is 8.01. The van der Waals surface area contributed by atoms with Crippen LogP contribution in [0.15, 0.2) is 27.4 Å². The molecule has 0 spiro atoms. The van der Waals surface area contributed by atoms with E-state index >= 15 is 0 Å². The van der Waals surface area contributed by atoms with Crippen LogP contribution in [0, 0.1) is 0 Å². The number of nitrogens with zero attached hydrogens (tertiary/aromatic N) is 3. The van der Waals surface area contributed by atoms with Crippen molar-refractivity contribution in [2.45, 2.75) is 29.0 Å². The monoisotopic (exact) mass is 442 g/mol. The van der Waals surface area contributed by atoms with E-state index in [2.05, 4.69) is 19.7 Å². The Balaban J connectivity index is 1.76. The Kier molecular flexibility index (Phi) is 6.20. The van der Waals surface area contributed by atoms with Crippen LogP contribution in [0.2, 0.25) is 0 Å². The Labute approximate surface area is 170 Å². The van der Waals surface area contributed by atoms with Crippen molar-refractivity contribution in [1.82, 2.24) is 10.2 Å². The predicted molar refractivity (Wildman–Crippen MR) is 106 cm³/mol. The van der Waals surface area contributed by atoms with Gasteiger partial charge in [-0.2, -0.15) is 0 Å². The number of esters is 1. The molecule has 3 rings (SSSR count). The molecule has 0 unspecified atom stereocenters. The maximum absolute atomic E-state index is 12.7. The molecule has 150 valence electrons. The third kappa shape index (κ3) is 4.62. The Bertz CT molecular complexity index is 1010. The zero-order valence-electron chi connectivity index (χ0n) is 15.2. The molecule has 2 heterocycles. The molecule has 1 aliphatic rings. The van der Waals surface area contributed by atoms with Gasteiger partial charge in [0.25, 0.3) is 10.0 Å². The molecule has 0 saturated carbocycles. The average molecular weight is 443 g/mol. The van der Waals surface area contributed by atoms with Crippen LogP contribution in [0.25, 0.3) is 0 Å². The van der Waals surface area contributed by atoms with Crippen LogP contribution in [0.5, 0.6) is 0 Å². The van der Waals surface area contributed by atoms with E-state index in [9.17, 15) is 18.0 Å². The number of ether oxygens (including phenoxy) is 1. The van der Waals surface area contributed by atoms with Gasteiger partial charge in [0, 0.05) is 19.2 Å². The number of anilines is 2. The van der Waals surface area contributed by atoms with Crippen molar-refractivity contribution in [1.29, 1.82) is 0 Å². The second-order valence-corrected chi connectivity index (χ2v) is 9.79. The summed E-state index contributed by atoms with van der Waals surface area (Å²) in [6.45, 7) is 2.12. The van der Waals surface area contributed by atoms with Crippen molar-refractivity contribution in [2.75, 3.05) is 29.0 Å². The summed E-state index contributed by atoms with van der Waals surface area (Å²) in [5.74, 6) is -0.411. The molecule has 28 heavy (non-hydrogen) atoms. The Morgan fingerprint density at radius 1 is 1.36 bits per heavy atom. The zero-order valence-corrected chi connectivity index (χ0v) is 17.6.